The van der Waals surface area contributed by atoms with Crippen molar-refractivity contribution in [3.63, 3.8) is 0 Å². The fraction of sp³-hybridized carbons (Fsp3) is 0.652. The van der Waals surface area contributed by atoms with Crippen molar-refractivity contribution in [1.82, 2.24) is 4.90 Å². The van der Waals surface area contributed by atoms with Gasteiger partial charge in [0.15, 0.2) is 0 Å². The van der Waals surface area contributed by atoms with Crippen LogP contribution in [0.15, 0.2) is 29.4 Å². The highest BCUT2D eigenvalue weighted by Gasteiger charge is 2.54. The molecule has 2 aliphatic carbocycles. The maximum Gasteiger partial charge on any atom is 0.225 e. The number of nitrogens with two attached hydrogens (primary N) is 1. The zero-order valence-electron chi connectivity index (χ0n) is 17.3. The lowest BCUT2D eigenvalue weighted by molar-refractivity contribution is -0.153. The number of likely N-dealkylation sites (tertiary alicyclic amines) is 1. The maximum atomic E-state index is 13.2. The zero-order valence-corrected chi connectivity index (χ0v) is 17.3. The number of anilines is 1. The van der Waals surface area contributed by atoms with Gasteiger partial charge in [-0.3, -0.25) is 9.80 Å². The third-order valence-electron chi connectivity index (χ3n) is 7.74. The summed E-state index contributed by atoms with van der Waals surface area (Å²) in [6.45, 7) is 1.23. The van der Waals surface area contributed by atoms with Gasteiger partial charge in [-0.15, -0.1) is 0 Å². The monoisotopic (exact) mass is 414 g/mol. The molecule has 4 aliphatic rings. The topological polar surface area (TPSA) is 82.2 Å². The van der Waals surface area contributed by atoms with E-state index in [1.54, 1.807) is 12.1 Å². The molecule has 1 spiro atoms. The number of nitrogens with zero attached hydrogens (tertiary/aromatic N) is 3. The number of hydrogen-bond donors (Lipinski definition) is 2. The molecule has 2 saturated carbocycles. The Balaban J connectivity index is 1.14. The minimum Gasteiger partial charge on any atom is -0.390 e. The molecule has 0 aromatic heterocycles. The van der Waals surface area contributed by atoms with Gasteiger partial charge in [-0.05, 0) is 74.6 Å². The van der Waals surface area contributed by atoms with Gasteiger partial charge in [0.1, 0.15) is 5.82 Å². The van der Waals surface area contributed by atoms with Crippen molar-refractivity contribution in [2.75, 3.05) is 18.1 Å². The van der Waals surface area contributed by atoms with Gasteiger partial charge in [-0.2, -0.15) is 5.10 Å². The van der Waals surface area contributed by atoms with Gasteiger partial charge < -0.3 is 15.7 Å². The van der Waals surface area contributed by atoms with Crippen molar-refractivity contribution in [3.8, 4) is 0 Å². The average Bonchev–Trinajstić information content (AvgIpc) is 3.11. The highest BCUT2D eigenvalue weighted by atomic mass is 19.1. The number of hydrogen-bond acceptors (Lipinski definition) is 5. The molecule has 3 N–H and O–H groups in total. The molecule has 1 aromatic rings. The SMILES string of the molecule is NC1CC2(C1)CC(C(=O)N1CCC(O)(CC3CC=NN3c3ccc(F)cc3)CC1)C2. The Bertz CT molecular complexity index is 820. The van der Waals surface area contributed by atoms with Crippen LogP contribution in [-0.2, 0) is 4.79 Å². The summed E-state index contributed by atoms with van der Waals surface area (Å²) in [5.74, 6) is 0.146. The van der Waals surface area contributed by atoms with E-state index in [4.69, 9.17) is 5.73 Å². The number of aliphatic hydroxyl groups is 1. The average molecular weight is 415 g/mol. The molecule has 2 aliphatic heterocycles. The predicted octanol–water partition coefficient (Wildman–Crippen LogP) is 2.65. The first-order valence-electron chi connectivity index (χ1n) is 11.2. The van der Waals surface area contributed by atoms with Crippen LogP contribution in [0, 0.1) is 17.2 Å². The van der Waals surface area contributed by atoms with Crippen LogP contribution in [0.2, 0.25) is 0 Å². The Morgan fingerprint density at radius 3 is 2.47 bits per heavy atom. The second-order valence-electron chi connectivity index (χ2n) is 10.0. The highest BCUT2D eigenvalue weighted by Crippen LogP contribution is 2.58. The van der Waals surface area contributed by atoms with Crippen molar-refractivity contribution in [3.05, 3.63) is 30.1 Å². The summed E-state index contributed by atoms with van der Waals surface area (Å²) >= 11 is 0. The molecular weight excluding hydrogens is 383 g/mol. The number of hydrazone groups is 1. The second kappa shape index (κ2) is 7.31. The van der Waals surface area contributed by atoms with Gasteiger partial charge in [0.05, 0.1) is 17.3 Å². The van der Waals surface area contributed by atoms with Gasteiger partial charge in [0.2, 0.25) is 5.91 Å². The highest BCUT2D eigenvalue weighted by molar-refractivity contribution is 5.80. The van der Waals surface area contributed by atoms with Crippen LogP contribution < -0.4 is 10.7 Å². The molecule has 0 radical (unpaired) electrons. The van der Waals surface area contributed by atoms with E-state index in [9.17, 15) is 14.3 Å². The lowest BCUT2D eigenvalue weighted by Crippen LogP contribution is -2.58. The molecule has 1 amide bonds. The van der Waals surface area contributed by atoms with E-state index in [-0.39, 0.29) is 23.7 Å². The van der Waals surface area contributed by atoms with Gasteiger partial charge >= 0.3 is 0 Å². The minimum atomic E-state index is -0.797. The van der Waals surface area contributed by atoms with Crippen LogP contribution in [0.3, 0.4) is 0 Å². The Morgan fingerprint density at radius 2 is 1.83 bits per heavy atom. The lowest BCUT2D eigenvalue weighted by Gasteiger charge is -2.57. The molecule has 0 bridgehead atoms. The molecule has 6 nitrogen and oxygen atoms in total. The van der Waals surface area contributed by atoms with Gasteiger partial charge in [-0.1, -0.05) is 0 Å². The van der Waals surface area contributed by atoms with Crippen molar-refractivity contribution in [1.29, 1.82) is 0 Å². The van der Waals surface area contributed by atoms with Crippen molar-refractivity contribution in [2.45, 2.75) is 69.1 Å². The summed E-state index contributed by atoms with van der Waals surface area (Å²) in [6.07, 6.45) is 8.53. The van der Waals surface area contributed by atoms with E-state index < -0.39 is 5.60 Å². The Kier molecular flexibility index (Phi) is 4.86. The number of carbonyl (C=O) groups excluding carboxylic acids is 1. The molecule has 7 heteroatoms. The Hall–Kier alpha value is -1.99. The summed E-state index contributed by atoms with van der Waals surface area (Å²) in [7, 11) is 0. The number of amides is 1. The van der Waals surface area contributed by atoms with E-state index in [2.05, 4.69) is 5.10 Å². The van der Waals surface area contributed by atoms with Gasteiger partial charge in [0, 0.05) is 37.7 Å². The van der Waals surface area contributed by atoms with Gasteiger partial charge in [-0.25, -0.2) is 4.39 Å². The number of carbonyl (C=O) groups is 1. The van der Waals surface area contributed by atoms with Crippen molar-refractivity contribution in [2.24, 2.45) is 22.2 Å². The summed E-state index contributed by atoms with van der Waals surface area (Å²) in [5.41, 5.74) is 6.33. The smallest absolute Gasteiger partial charge is 0.225 e. The van der Waals surface area contributed by atoms with E-state index in [0.717, 1.165) is 37.8 Å². The molecule has 1 atom stereocenters. The number of piperidine rings is 1. The Labute approximate surface area is 176 Å². The molecule has 30 heavy (non-hydrogen) atoms. The third-order valence-corrected chi connectivity index (χ3v) is 7.74. The van der Waals surface area contributed by atoms with Crippen LogP contribution in [0.1, 0.15) is 51.4 Å². The fourth-order valence-corrected chi connectivity index (χ4v) is 6.08. The molecule has 162 valence electrons. The van der Waals surface area contributed by atoms with Crippen LogP contribution in [-0.4, -0.2) is 52.9 Å². The number of halogens is 1. The predicted molar refractivity (Wildman–Crippen MR) is 114 cm³/mol. The molecular formula is C23H31FN4O2. The molecule has 3 fully saturated rings. The summed E-state index contributed by atoms with van der Waals surface area (Å²) in [6, 6.07) is 6.69. The van der Waals surface area contributed by atoms with E-state index in [1.807, 2.05) is 16.1 Å². The molecule has 5 rings (SSSR count). The first-order chi connectivity index (χ1) is 14.3. The standard InChI is InChI=1S/C23H31FN4O2/c24-17-1-3-19(4-2-17)28-20(5-8-26-28)15-23(30)6-9-27(10-7-23)21(29)16-11-22(12-16)13-18(25)14-22/h1-4,8,16,18,20,30H,5-7,9-15,25H2. The maximum absolute atomic E-state index is 13.2. The quantitative estimate of drug-likeness (QED) is 0.794. The molecule has 1 unspecified atom stereocenters. The minimum absolute atomic E-state index is 0.0528. The fourth-order valence-electron chi connectivity index (χ4n) is 6.08. The summed E-state index contributed by atoms with van der Waals surface area (Å²) in [4.78, 5) is 14.8. The lowest BCUT2D eigenvalue weighted by atomic mass is 9.50. The molecule has 1 aromatic carbocycles. The van der Waals surface area contributed by atoms with Gasteiger partial charge in [0.25, 0.3) is 0 Å². The zero-order chi connectivity index (χ0) is 20.9. The third kappa shape index (κ3) is 3.62. The Morgan fingerprint density at radius 1 is 1.17 bits per heavy atom. The van der Waals surface area contributed by atoms with Crippen molar-refractivity contribution >= 4 is 17.8 Å². The second-order valence-corrected chi connectivity index (χ2v) is 10.0. The molecule has 2 heterocycles. The van der Waals surface area contributed by atoms with Crippen molar-refractivity contribution < 1.29 is 14.3 Å². The largest absolute Gasteiger partial charge is 0.390 e. The number of benzene rings is 1. The van der Waals surface area contributed by atoms with E-state index in [0.29, 0.717) is 43.8 Å². The first-order valence-corrected chi connectivity index (χ1v) is 11.2. The summed E-state index contributed by atoms with van der Waals surface area (Å²) in [5, 5.41) is 17.5. The summed E-state index contributed by atoms with van der Waals surface area (Å²) < 4.78 is 13.2. The molecule has 1 saturated heterocycles. The van der Waals surface area contributed by atoms with Crippen LogP contribution >= 0.6 is 0 Å². The van der Waals surface area contributed by atoms with E-state index in [1.165, 1.54) is 12.1 Å². The normalized spacial score (nSPS) is 34.7. The van der Waals surface area contributed by atoms with Crippen LogP contribution in [0.25, 0.3) is 0 Å². The van der Waals surface area contributed by atoms with Crippen LogP contribution in [0.5, 0.6) is 0 Å². The first kappa shape index (κ1) is 19.9. The van der Waals surface area contributed by atoms with E-state index >= 15 is 0 Å². The van der Waals surface area contributed by atoms with Crippen LogP contribution in [0.4, 0.5) is 10.1 Å². The number of rotatable bonds is 4.